The molecule has 9 atom stereocenters. The molecule has 14 heteroatoms. The van der Waals surface area contributed by atoms with E-state index < -0.39 is 84.6 Å². The Morgan fingerprint density at radius 2 is 1.46 bits per heavy atom. The normalized spacial score (nSPS) is 35.9. The highest BCUT2D eigenvalue weighted by atomic mass is 79.9. The number of rotatable bonds is 17. The molecule has 46 heavy (non-hydrogen) atoms. The smallest absolute Gasteiger partial charge is 0.187 e. The van der Waals surface area contributed by atoms with Gasteiger partial charge in [0.2, 0.25) is 0 Å². The van der Waals surface area contributed by atoms with Crippen molar-refractivity contribution in [3.63, 3.8) is 0 Å². The maximum absolute atomic E-state index is 6.97. The summed E-state index contributed by atoms with van der Waals surface area (Å²) in [5.41, 5.74) is 0. The van der Waals surface area contributed by atoms with Crippen LogP contribution in [-0.4, -0.2) is 131 Å². The van der Waals surface area contributed by atoms with E-state index in [9.17, 15) is 0 Å². The predicted molar refractivity (Wildman–Crippen MR) is 168 cm³/mol. The van der Waals surface area contributed by atoms with Crippen LogP contribution in [0.25, 0.3) is 0 Å². The molecule has 4 rings (SSSR count). The molecular weight excluding hydrogens is 672 g/mol. The summed E-state index contributed by atoms with van der Waals surface area (Å²) in [5, 5.41) is 0.938. The van der Waals surface area contributed by atoms with Gasteiger partial charge in [0, 0.05) is 33.3 Å². The van der Waals surface area contributed by atoms with Crippen LogP contribution in [0, 0.1) is 0 Å². The Bertz CT molecular complexity index is 945. The second-order valence-corrected chi connectivity index (χ2v) is 14.8. The molecule has 0 amide bonds. The monoisotopic (exact) mass is 728 g/mol. The predicted octanol–water partition coefficient (Wildman–Crippen LogP) is 4.26. The first-order valence-corrected chi connectivity index (χ1v) is 17.4. The molecule has 0 bridgehead atoms. The molecule has 0 radical (unpaired) electrons. The van der Waals surface area contributed by atoms with Gasteiger partial charge in [-0.15, -0.1) is 0 Å². The van der Waals surface area contributed by atoms with Gasteiger partial charge in [-0.1, -0.05) is 22.4 Å². The molecule has 4 fully saturated rings. The number of fused-ring (bicyclic) bond motifs is 1. The van der Waals surface area contributed by atoms with Gasteiger partial charge in [0.1, 0.15) is 48.8 Å². The molecule has 270 valence electrons. The van der Waals surface area contributed by atoms with E-state index in [1.54, 1.807) is 21.3 Å². The summed E-state index contributed by atoms with van der Waals surface area (Å²) in [6.45, 7) is 15.8. The average molecular weight is 730 g/mol. The lowest BCUT2D eigenvalue weighted by molar-refractivity contribution is -0.330. The number of alkyl halides is 1. The molecule has 4 aliphatic heterocycles. The third kappa shape index (κ3) is 9.81. The van der Waals surface area contributed by atoms with Crippen LogP contribution in [0.4, 0.5) is 0 Å². The van der Waals surface area contributed by atoms with E-state index in [2.05, 4.69) is 15.9 Å². The van der Waals surface area contributed by atoms with Crippen LogP contribution < -0.4 is 0 Å². The zero-order valence-electron chi connectivity index (χ0n) is 29.4. The zero-order chi connectivity index (χ0) is 33.9. The maximum atomic E-state index is 6.97. The van der Waals surface area contributed by atoms with Crippen LogP contribution in [0.2, 0.25) is 0 Å². The van der Waals surface area contributed by atoms with Gasteiger partial charge >= 0.3 is 0 Å². The Labute approximate surface area is 282 Å². The molecule has 4 heterocycles. The van der Waals surface area contributed by atoms with Crippen molar-refractivity contribution >= 4 is 15.9 Å². The standard InChI is InChI=1S/C32H57BrO13/c1-29(2,36-11)38-17-19-22-24(45-31(5,6)43-22)25(37-16-14-12-13-15-33)28(40-19)41-21(20-18-39-30(3,4)42-20)23-26(27(34-9)35-10)46-32(7,8)44-23/h19-28H,12-18H2,1-11H3/t19-,20-,21-,22+,23+,24+,25-,26-,28+/m1/s1. The van der Waals surface area contributed by atoms with E-state index in [0.717, 1.165) is 24.6 Å². The Balaban J connectivity index is 1.68. The topological polar surface area (TPSA) is 120 Å². The van der Waals surface area contributed by atoms with E-state index >= 15 is 0 Å². The van der Waals surface area contributed by atoms with Gasteiger partial charge in [0.05, 0.1) is 13.2 Å². The zero-order valence-corrected chi connectivity index (χ0v) is 31.0. The van der Waals surface area contributed by atoms with Crippen molar-refractivity contribution in [1.29, 1.82) is 0 Å². The number of hydrogen-bond acceptors (Lipinski definition) is 13. The van der Waals surface area contributed by atoms with Crippen molar-refractivity contribution in [1.82, 2.24) is 0 Å². The summed E-state index contributed by atoms with van der Waals surface area (Å²) in [4.78, 5) is 0. The Kier molecular flexibility index (Phi) is 13.4. The van der Waals surface area contributed by atoms with Crippen LogP contribution in [0.3, 0.4) is 0 Å². The molecule has 4 saturated heterocycles. The molecule has 0 aliphatic carbocycles. The SMILES string of the molecule is COC(OC)[C@@H]1OC(C)(C)O[C@H]1[C@H](O[C@@H]1O[C@H](COC(C)(C)OC)[C@@H]2OC(C)(C)O[C@@H]2[C@H]1OCCCCCBr)[C@H]1COC(C)(C)O1. The van der Waals surface area contributed by atoms with Crippen molar-refractivity contribution in [2.75, 3.05) is 46.5 Å². The Hall–Kier alpha value is -0.0400. The summed E-state index contributed by atoms with van der Waals surface area (Å²) < 4.78 is 81.3. The van der Waals surface area contributed by atoms with Crippen molar-refractivity contribution in [2.24, 2.45) is 0 Å². The first kappa shape index (κ1) is 38.8. The molecule has 4 aliphatic rings. The second-order valence-electron chi connectivity index (χ2n) is 14.0. The molecule has 0 aromatic heterocycles. The van der Waals surface area contributed by atoms with Gasteiger partial charge in [-0.2, -0.15) is 0 Å². The number of halogens is 1. The quantitative estimate of drug-likeness (QED) is 0.121. The highest BCUT2D eigenvalue weighted by Crippen LogP contribution is 2.43. The lowest BCUT2D eigenvalue weighted by atomic mass is 9.98. The van der Waals surface area contributed by atoms with Crippen LogP contribution in [0.1, 0.15) is 74.7 Å². The van der Waals surface area contributed by atoms with Gasteiger partial charge in [0.25, 0.3) is 0 Å². The third-order valence-electron chi connectivity index (χ3n) is 8.51. The molecule has 0 N–H and O–H groups in total. The van der Waals surface area contributed by atoms with Gasteiger partial charge in [-0.25, -0.2) is 0 Å². The van der Waals surface area contributed by atoms with Crippen LogP contribution in [0.5, 0.6) is 0 Å². The number of unbranched alkanes of at least 4 members (excludes halogenated alkanes) is 2. The first-order valence-electron chi connectivity index (χ1n) is 16.3. The first-order chi connectivity index (χ1) is 21.5. The van der Waals surface area contributed by atoms with E-state index in [4.69, 9.17) is 61.6 Å². The molecule has 0 unspecified atom stereocenters. The van der Waals surface area contributed by atoms with E-state index in [-0.39, 0.29) is 13.2 Å². The van der Waals surface area contributed by atoms with E-state index in [1.165, 1.54) is 0 Å². The molecular formula is C32H57BrO13. The number of hydrogen-bond donors (Lipinski definition) is 0. The Morgan fingerprint density at radius 1 is 0.804 bits per heavy atom. The van der Waals surface area contributed by atoms with Crippen LogP contribution in [-0.2, 0) is 61.6 Å². The van der Waals surface area contributed by atoms with Gasteiger partial charge in [0.15, 0.2) is 35.7 Å². The highest BCUT2D eigenvalue weighted by Gasteiger charge is 2.59. The fraction of sp³-hybridized carbons (Fsp3) is 1.00. The van der Waals surface area contributed by atoms with Crippen molar-refractivity contribution < 1.29 is 61.6 Å². The van der Waals surface area contributed by atoms with Gasteiger partial charge in [-0.3, -0.25) is 0 Å². The summed E-state index contributed by atoms with van der Waals surface area (Å²) in [5.74, 6) is -3.52. The minimum atomic E-state index is -0.959. The summed E-state index contributed by atoms with van der Waals surface area (Å²) in [6.07, 6.45) is -3.62. The molecule has 0 aromatic rings. The molecule has 0 saturated carbocycles. The van der Waals surface area contributed by atoms with E-state index in [1.807, 2.05) is 55.4 Å². The second kappa shape index (κ2) is 15.9. The fourth-order valence-corrected chi connectivity index (χ4v) is 6.64. The highest BCUT2D eigenvalue weighted by molar-refractivity contribution is 9.09. The summed E-state index contributed by atoms with van der Waals surface area (Å²) in [7, 11) is 4.71. The molecule has 0 aromatic carbocycles. The van der Waals surface area contributed by atoms with Crippen molar-refractivity contribution in [2.45, 2.75) is 159 Å². The van der Waals surface area contributed by atoms with E-state index in [0.29, 0.717) is 6.61 Å². The maximum Gasteiger partial charge on any atom is 0.187 e. The number of methoxy groups -OCH3 is 3. The average Bonchev–Trinajstić information content (AvgIpc) is 3.62. The van der Waals surface area contributed by atoms with Gasteiger partial charge in [-0.05, 0) is 68.2 Å². The summed E-state index contributed by atoms with van der Waals surface area (Å²) in [6, 6.07) is 0. The minimum Gasteiger partial charge on any atom is -0.370 e. The lowest BCUT2D eigenvalue weighted by Gasteiger charge is -2.44. The Morgan fingerprint density at radius 3 is 2.07 bits per heavy atom. The van der Waals surface area contributed by atoms with Crippen molar-refractivity contribution in [3.8, 4) is 0 Å². The largest absolute Gasteiger partial charge is 0.370 e. The van der Waals surface area contributed by atoms with Gasteiger partial charge < -0.3 is 61.6 Å². The minimum absolute atomic E-state index is 0.161. The molecule has 13 nitrogen and oxygen atoms in total. The number of ether oxygens (including phenoxy) is 13. The summed E-state index contributed by atoms with van der Waals surface area (Å²) >= 11 is 3.51. The third-order valence-corrected chi connectivity index (χ3v) is 9.08. The van der Waals surface area contributed by atoms with Crippen molar-refractivity contribution in [3.05, 3.63) is 0 Å². The lowest BCUT2D eigenvalue weighted by Crippen LogP contribution is -2.62. The fourth-order valence-electron chi connectivity index (χ4n) is 6.25. The molecule has 0 spiro atoms. The van der Waals surface area contributed by atoms with Crippen LogP contribution >= 0.6 is 15.9 Å². The van der Waals surface area contributed by atoms with Crippen LogP contribution in [0.15, 0.2) is 0 Å².